The van der Waals surface area contributed by atoms with E-state index in [4.69, 9.17) is 23.4 Å². The summed E-state index contributed by atoms with van der Waals surface area (Å²) >= 11 is 0. The van der Waals surface area contributed by atoms with Crippen molar-refractivity contribution in [2.24, 2.45) is 11.8 Å². The van der Waals surface area contributed by atoms with Crippen LogP contribution in [0.4, 0.5) is 0 Å². The minimum atomic E-state index is -1.31. The highest BCUT2D eigenvalue weighted by Gasteiger charge is 2.59. The van der Waals surface area contributed by atoms with Gasteiger partial charge in [-0.1, -0.05) is 109 Å². The maximum absolute atomic E-state index is 15.5. The van der Waals surface area contributed by atoms with Crippen LogP contribution in [0.3, 0.4) is 0 Å². The summed E-state index contributed by atoms with van der Waals surface area (Å²) in [7, 11) is 0. The van der Waals surface area contributed by atoms with Gasteiger partial charge in [-0.2, -0.15) is 0 Å². The molecule has 3 aliphatic heterocycles. The normalized spacial score (nSPS) is 24.7. The van der Waals surface area contributed by atoms with Crippen LogP contribution in [0.1, 0.15) is 165 Å². The van der Waals surface area contributed by atoms with Gasteiger partial charge in [0.15, 0.2) is 17.8 Å². The zero-order valence-electron chi connectivity index (χ0n) is 42.2. The second-order valence-electron chi connectivity index (χ2n) is 21.3. The van der Waals surface area contributed by atoms with Crippen LogP contribution >= 0.6 is 0 Å². The van der Waals surface area contributed by atoms with E-state index in [9.17, 15) is 20.1 Å². The number of ether oxygens (including phenoxy) is 4. The van der Waals surface area contributed by atoms with Crippen LogP contribution in [-0.2, 0) is 49.7 Å². The standard InChI is InChI=1S/C62H68O11/c1-38(2)48-22-19-40-20-23-49-44(31-40)15-9-10-28-62(47-17-7-4-8-18-47)59(72-60(48)67)58(56-53(73-62)26-25-51-52(35-64)55(61(68)71-57(51)56)45(27-29-63)36-69-37-65)70-54(66)34-46-33-43(21-24-50(46)49)42-16-11-14-41(32-42)30-39-12-5-3-6-13-39/h3,5-6,11-14,16,20,23,25-26,31-32,43,45-47,50,58-59,63-65H,4,7-8,15,17-19,21-22,24,27-30,33-37H2,1-2H3/t43-,45+,46+,50+,58+,59-,62-/m0/s1. The van der Waals surface area contributed by atoms with Crippen LogP contribution < -0.4 is 10.4 Å². The molecule has 5 bridgehead atoms. The molecule has 0 saturated heterocycles. The summed E-state index contributed by atoms with van der Waals surface area (Å²) in [6.07, 6.45) is 7.17. The Bertz CT molecular complexity index is 2990. The average Bonchev–Trinajstić information content (AvgIpc) is 3.39. The lowest BCUT2D eigenvalue weighted by Crippen LogP contribution is -2.60. The Balaban J connectivity index is 1.16. The lowest BCUT2D eigenvalue weighted by molar-refractivity contribution is -0.204. The number of aliphatic hydroxyl groups is 3. The summed E-state index contributed by atoms with van der Waals surface area (Å²) in [6.45, 7) is 2.25. The third kappa shape index (κ3) is 10.3. The number of carbonyl (C=O) groups excluding carboxylic acids is 2. The zero-order valence-corrected chi connectivity index (χ0v) is 42.2. The number of carbonyl (C=O) groups is 2. The molecule has 4 heterocycles. The Morgan fingerprint density at radius 3 is 2.45 bits per heavy atom. The van der Waals surface area contributed by atoms with Crippen LogP contribution in [0, 0.1) is 23.7 Å². The van der Waals surface area contributed by atoms with Crippen molar-refractivity contribution in [3.05, 3.63) is 157 Å². The summed E-state index contributed by atoms with van der Waals surface area (Å²) in [5.74, 6) is 5.70. The molecular formula is C62H68O11. The monoisotopic (exact) mass is 988 g/mol. The van der Waals surface area contributed by atoms with E-state index in [-0.39, 0.29) is 78.4 Å². The van der Waals surface area contributed by atoms with Crippen LogP contribution in [-0.4, -0.2) is 59.0 Å². The SMILES string of the molecule is CC(C)=C1CCc2ccc3c(c2)CC#CC[C@@]2(C4CCCCC4)Oc4ccc5c(CO)c([C@H](CCO)COCO)c(=O)oc5c4[C@@H](OC(=O)C[C@H]4C[C@@H](c5cccc(Cc6ccccc6)c5)CC[C@@H]34)[C@@H]2OC1=O. The molecule has 0 unspecified atom stereocenters. The Kier molecular flexibility index (Phi) is 15.4. The van der Waals surface area contributed by atoms with E-state index in [2.05, 4.69) is 78.6 Å². The second kappa shape index (κ2) is 22.2. The molecular weight excluding hydrogens is 921 g/mol. The third-order valence-corrected chi connectivity index (χ3v) is 16.8. The molecule has 5 aromatic rings. The fraction of sp³-hybridized carbons (Fsp3) is 0.468. The highest BCUT2D eigenvalue weighted by Crippen LogP contribution is 2.55. The van der Waals surface area contributed by atoms with Crippen LogP contribution in [0.2, 0.25) is 0 Å². The first-order valence-electron chi connectivity index (χ1n) is 26.6. The molecule has 0 spiro atoms. The number of esters is 2. The van der Waals surface area contributed by atoms with E-state index in [1.165, 1.54) is 22.3 Å². The lowest BCUT2D eigenvalue weighted by Gasteiger charge is -2.51. The number of hydrogen-bond donors (Lipinski definition) is 3. The molecule has 3 N–H and O–H groups in total. The van der Waals surface area contributed by atoms with Crippen LogP contribution in [0.15, 0.2) is 105 Å². The molecule has 2 aliphatic carbocycles. The smallest absolute Gasteiger partial charge is 0.340 e. The van der Waals surface area contributed by atoms with Crippen molar-refractivity contribution in [1.29, 1.82) is 0 Å². The van der Waals surface area contributed by atoms with Gasteiger partial charge in [0, 0.05) is 47.8 Å². The number of fused-ring (bicyclic) bond motifs is 9. The third-order valence-electron chi connectivity index (χ3n) is 16.8. The van der Waals surface area contributed by atoms with Crippen molar-refractivity contribution in [1.82, 2.24) is 0 Å². The van der Waals surface area contributed by atoms with E-state index < -0.39 is 54.7 Å². The van der Waals surface area contributed by atoms with Gasteiger partial charge in [0.05, 0.1) is 25.2 Å². The predicted octanol–water partition coefficient (Wildman–Crippen LogP) is 10.5. The number of aryl methyl sites for hydroxylation is 1. The van der Waals surface area contributed by atoms with Gasteiger partial charge < -0.3 is 38.7 Å². The average molecular weight is 989 g/mol. The van der Waals surface area contributed by atoms with Crippen molar-refractivity contribution in [3.8, 4) is 17.6 Å². The number of rotatable bonds is 11. The molecule has 382 valence electrons. The summed E-state index contributed by atoms with van der Waals surface area (Å²) in [5.41, 5.74) is 7.10. The number of aliphatic hydroxyl groups excluding tert-OH is 3. The summed E-state index contributed by atoms with van der Waals surface area (Å²) in [4.78, 5) is 45.0. The van der Waals surface area contributed by atoms with Gasteiger partial charge in [-0.05, 0) is 140 Å². The molecule has 0 radical (unpaired) electrons. The van der Waals surface area contributed by atoms with Crippen molar-refractivity contribution in [2.75, 3.05) is 20.0 Å². The first-order chi connectivity index (χ1) is 35.6. The molecule has 2 fully saturated rings. The topological polar surface area (TPSA) is 162 Å². The van der Waals surface area contributed by atoms with Gasteiger partial charge in [-0.25, -0.2) is 9.59 Å². The largest absolute Gasteiger partial charge is 0.481 e. The summed E-state index contributed by atoms with van der Waals surface area (Å²) < 4.78 is 33.0. The van der Waals surface area contributed by atoms with Crippen LogP contribution in [0.25, 0.3) is 11.0 Å². The Morgan fingerprint density at radius 1 is 0.849 bits per heavy atom. The molecule has 7 atom stereocenters. The van der Waals surface area contributed by atoms with Gasteiger partial charge in [0.1, 0.15) is 18.1 Å². The zero-order chi connectivity index (χ0) is 50.6. The maximum Gasteiger partial charge on any atom is 0.340 e. The molecule has 11 nitrogen and oxygen atoms in total. The van der Waals surface area contributed by atoms with E-state index in [0.29, 0.717) is 36.0 Å². The molecule has 11 heteroatoms. The van der Waals surface area contributed by atoms with E-state index in [1.807, 2.05) is 19.9 Å². The highest BCUT2D eigenvalue weighted by molar-refractivity contribution is 5.90. The lowest BCUT2D eigenvalue weighted by atomic mass is 9.67. The fourth-order valence-electron chi connectivity index (χ4n) is 13.2. The number of benzene rings is 4. The minimum absolute atomic E-state index is 0.0364. The second-order valence-corrected chi connectivity index (χ2v) is 21.3. The molecule has 4 aromatic carbocycles. The molecule has 2 saturated carbocycles. The first-order valence-corrected chi connectivity index (χ1v) is 26.6. The van der Waals surface area contributed by atoms with Crippen molar-refractivity contribution >= 4 is 22.9 Å². The number of allylic oxidation sites excluding steroid dienone is 1. The molecule has 5 aliphatic rings. The van der Waals surface area contributed by atoms with Crippen molar-refractivity contribution in [3.63, 3.8) is 0 Å². The van der Waals surface area contributed by atoms with Crippen molar-refractivity contribution < 1.29 is 48.3 Å². The molecule has 10 rings (SSSR count). The van der Waals surface area contributed by atoms with Gasteiger partial charge in [-0.3, -0.25) is 4.79 Å². The van der Waals surface area contributed by atoms with Gasteiger partial charge >= 0.3 is 17.6 Å². The predicted molar refractivity (Wildman–Crippen MR) is 277 cm³/mol. The molecule has 0 amide bonds. The van der Waals surface area contributed by atoms with Crippen molar-refractivity contribution in [2.45, 2.75) is 152 Å². The number of hydrogen-bond acceptors (Lipinski definition) is 11. The van der Waals surface area contributed by atoms with E-state index >= 15 is 9.59 Å². The Hall–Kier alpha value is -6.03. The van der Waals surface area contributed by atoms with Crippen LogP contribution in [0.5, 0.6) is 5.75 Å². The fourth-order valence-corrected chi connectivity index (χ4v) is 13.2. The van der Waals surface area contributed by atoms with Gasteiger partial charge in [0.2, 0.25) is 0 Å². The van der Waals surface area contributed by atoms with Gasteiger partial charge in [0.25, 0.3) is 0 Å². The van der Waals surface area contributed by atoms with E-state index in [1.54, 1.807) is 12.1 Å². The Labute approximate surface area is 427 Å². The molecule has 73 heavy (non-hydrogen) atoms. The summed E-state index contributed by atoms with van der Waals surface area (Å²) in [6, 6.07) is 29.5. The Morgan fingerprint density at radius 2 is 1.67 bits per heavy atom. The maximum atomic E-state index is 15.5. The summed E-state index contributed by atoms with van der Waals surface area (Å²) in [5, 5.41) is 31.1. The van der Waals surface area contributed by atoms with E-state index in [0.717, 1.165) is 74.5 Å². The highest BCUT2D eigenvalue weighted by atomic mass is 16.6. The minimum Gasteiger partial charge on any atom is -0.481 e. The quantitative estimate of drug-likeness (QED) is 0.0380. The molecule has 1 aromatic heterocycles. The first kappa shape index (κ1) is 50.5. The van der Waals surface area contributed by atoms with Gasteiger partial charge in [-0.15, -0.1) is 0 Å².